The third kappa shape index (κ3) is 3.15. The predicted octanol–water partition coefficient (Wildman–Crippen LogP) is 4.58. The van der Waals surface area contributed by atoms with Crippen molar-refractivity contribution in [3.8, 4) is 0 Å². The van der Waals surface area contributed by atoms with Gasteiger partial charge in [-0.05, 0) is 66.6 Å². The highest BCUT2D eigenvalue weighted by atomic mass is 16.4. The van der Waals surface area contributed by atoms with Crippen molar-refractivity contribution in [2.24, 2.45) is 5.92 Å². The molecular weight excluding hydrogens is 260 g/mol. The molecule has 0 heterocycles. The largest absolute Gasteiger partial charge is 0.481 e. The molecule has 2 aromatic rings. The van der Waals surface area contributed by atoms with Crippen LogP contribution in [-0.2, 0) is 11.2 Å². The lowest BCUT2D eigenvalue weighted by Gasteiger charge is -2.14. The zero-order valence-corrected chi connectivity index (χ0v) is 12.9. The Kier molecular flexibility index (Phi) is 4.46. The third-order valence-corrected chi connectivity index (χ3v) is 4.08. The highest BCUT2D eigenvalue weighted by Gasteiger charge is 2.17. The molecular formula is C19H22O2. The normalized spacial score (nSPS) is 12.3. The summed E-state index contributed by atoms with van der Waals surface area (Å²) in [5.41, 5.74) is 4.80. The summed E-state index contributed by atoms with van der Waals surface area (Å²) in [5, 5.41) is 11.8. The Morgan fingerprint density at radius 2 is 1.86 bits per heavy atom. The van der Waals surface area contributed by atoms with E-state index in [4.69, 9.17) is 0 Å². The van der Waals surface area contributed by atoms with Crippen LogP contribution in [-0.4, -0.2) is 11.1 Å². The van der Waals surface area contributed by atoms with E-state index in [9.17, 15) is 9.90 Å². The first-order chi connectivity index (χ1) is 9.93. The topological polar surface area (TPSA) is 37.3 Å². The monoisotopic (exact) mass is 282 g/mol. The van der Waals surface area contributed by atoms with E-state index < -0.39 is 11.9 Å². The molecule has 1 N–H and O–H groups in total. The van der Waals surface area contributed by atoms with Crippen LogP contribution in [0.25, 0.3) is 10.8 Å². The molecule has 2 rings (SSSR count). The number of carbonyl (C=O) groups is 1. The van der Waals surface area contributed by atoms with Gasteiger partial charge in [0, 0.05) is 0 Å². The van der Waals surface area contributed by atoms with E-state index in [-0.39, 0.29) is 0 Å². The number of fused-ring (bicyclic) bond motifs is 1. The molecule has 0 radical (unpaired) electrons. The highest BCUT2D eigenvalue weighted by molar-refractivity contribution is 5.91. The van der Waals surface area contributed by atoms with Crippen LogP contribution in [0.4, 0.5) is 0 Å². The van der Waals surface area contributed by atoms with Crippen LogP contribution in [0.5, 0.6) is 0 Å². The van der Waals surface area contributed by atoms with Crippen LogP contribution >= 0.6 is 0 Å². The summed E-state index contributed by atoms with van der Waals surface area (Å²) in [6.45, 7) is 9.97. The minimum atomic E-state index is -0.756. The van der Waals surface area contributed by atoms with Crippen molar-refractivity contribution >= 4 is 16.7 Å². The van der Waals surface area contributed by atoms with Crippen molar-refractivity contribution in [1.29, 1.82) is 0 Å². The quantitative estimate of drug-likeness (QED) is 0.815. The molecule has 1 unspecified atom stereocenters. The smallest absolute Gasteiger partial charge is 0.307 e. The van der Waals surface area contributed by atoms with Gasteiger partial charge in [-0.1, -0.05) is 30.3 Å². The molecule has 1 atom stereocenters. The lowest BCUT2D eigenvalue weighted by atomic mass is 9.90. The molecule has 110 valence electrons. The zero-order valence-electron chi connectivity index (χ0n) is 12.9. The Balaban J connectivity index is 2.49. The first-order valence-corrected chi connectivity index (χ1v) is 7.27. The van der Waals surface area contributed by atoms with Crippen molar-refractivity contribution in [2.75, 3.05) is 0 Å². The Morgan fingerprint density at radius 1 is 1.19 bits per heavy atom. The molecule has 0 amide bonds. The fourth-order valence-corrected chi connectivity index (χ4v) is 2.99. The SMILES string of the molecule is C=CCC(Cc1cc(C)c2c(C)ccc(C)c2c1)C(=O)O. The maximum atomic E-state index is 11.3. The van der Waals surface area contributed by atoms with Crippen LogP contribution in [0.1, 0.15) is 28.7 Å². The molecule has 2 aromatic carbocycles. The number of rotatable bonds is 5. The summed E-state index contributed by atoms with van der Waals surface area (Å²) in [4.78, 5) is 11.3. The molecule has 0 spiro atoms. The number of carboxylic acids is 1. The Bertz CT molecular complexity index is 698. The molecule has 0 aliphatic carbocycles. The number of aryl methyl sites for hydroxylation is 3. The van der Waals surface area contributed by atoms with E-state index >= 15 is 0 Å². The summed E-state index contributed by atoms with van der Waals surface area (Å²) in [5.74, 6) is -1.15. The predicted molar refractivity (Wildman–Crippen MR) is 87.8 cm³/mol. The van der Waals surface area contributed by atoms with Crippen molar-refractivity contribution in [2.45, 2.75) is 33.6 Å². The average Bonchev–Trinajstić information content (AvgIpc) is 2.42. The van der Waals surface area contributed by atoms with Gasteiger partial charge in [0.1, 0.15) is 0 Å². The van der Waals surface area contributed by atoms with E-state index in [0.29, 0.717) is 12.8 Å². The Hall–Kier alpha value is -2.09. The zero-order chi connectivity index (χ0) is 15.6. The van der Waals surface area contributed by atoms with Crippen LogP contribution in [0, 0.1) is 26.7 Å². The van der Waals surface area contributed by atoms with E-state index in [1.54, 1.807) is 6.08 Å². The van der Waals surface area contributed by atoms with E-state index in [1.165, 1.54) is 27.5 Å². The first kappa shape index (κ1) is 15.3. The van der Waals surface area contributed by atoms with E-state index in [0.717, 1.165) is 5.56 Å². The second-order valence-corrected chi connectivity index (χ2v) is 5.80. The lowest BCUT2D eigenvalue weighted by molar-refractivity contribution is -0.141. The average molecular weight is 282 g/mol. The van der Waals surface area contributed by atoms with Crippen LogP contribution in [0.3, 0.4) is 0 Å². The summed E-state index contributed by atoms with van der Waals surface area (Å²) in [7, 11) is 0. The molecule has 0 aliphatic heterocycles. The van der Waals surface area contributed by atoms with Gasteiger partial charge in [0.15, 0.2) is 0 Å². The van der Waals surface area contributed by atoms with Crippen LogP contribution < -0.4 is 0 Å². The number of benzene rings is 2. The molecule has 0 fully saturated rings. The minimum absolute atomic E-state index is 0.399. The van der Waals surface area contributed by atoms with Gasteiger partial charge in [0.2, 0.25) is 0 Å². The van der Waals surface area contributed by atoms with E-state index in [1.807, 2.05) is 0 Å². The summed E-state index contributed by atoms with van der Waals surface area (Å²) >= 11 is 0. The van der Waals surface area contributed by atoms with E-state index in [2.05, 4.69) is 51.6 Å². The maximum absolute atomic E-state index is 11.3. The van der Waals surface area contributed by atoms with Crippen molar-refractivity contribution < 1.29 is 9.90 Å². The van der Waals surface area contributed by atoms with Gasteiger partial charge < -0.3 is 5.11 Å². The Morgan fingerprint density at radius 3 is 2.48 bits per heavy atom. The lowest BCUT2D eigenvalue weighted by Crippen LogP contribution is -2.15. The number of hydrogen-bond donors (Lipinski definition) is 1. The van der Waals surface area contributed by atoms with Gasteiger partial charge in [-0.15, -0.1) is 6.58 Å². The summed E-state index contributed by atoms with van der Waals surface area (Å²) in [6.07, 6.45) is 2.73. The molecule has 2 nitrogen and oxygen atoms in total. The molecule has 0 aliphatic rings. The summed E-state index contributed by atoms with van der Waals surface area (Å²) < 4.78 is 0. The van der Waals surface area contributed by atoms with Gasteiger partial charge in [0.05, 0.1) is 5.92 Å². The number of allylic oxidation sites excluding steroid dienone is 1. The standard InChI is InChI=1S/C19H22O2/c1-5-6-16(19(20)21)10-15-9-14(4)18-13(3)8-7-12(2)17(18)11-15/h5,7-9,11,16H,1,6,10H2,2-4H3,(H,20,21). The second kappa shape index (κ2) is 6.13. The highest BCUT2D eigenvalue weighted by Crippen LogP contribution is 2.28. The molecule has 0 aromatic heterocycles. The molecule has 0 bridgehead atoms. The maximum Gasteiger partial charge on any atom is 0.307 e. The fourth-order valence-electron chi connectivity index (χ4n) is 2.99. The van der Waals surface area contributed by atoms with Gasteiger partial charge in [-0.3, -0.25) is 4.79 Å². The summed E-state index contributed by atoms with van der Waals surface area (Å²) in [6, 6.07) is 8.53. The van der Waals surface area contributed by atoms with Gasteiger partial charge in [-0.25, -0.2) is 0 Å². The van der Waals surface area contributed by atoms with Gasteiger partial charge in [0.25, 0.3) is 0 Å². The second-order valence-electron chi connectivity index (χ2n) is 5.80. The Labute approximate surface area is 126 Å². The van der Waals surface area contributed by atoms with Gasteiger partial charge >= 0.3 is 5.97 Å². The molecule has 0 saturated carbocycles. The fraction of sp³-hybridized carbons (Fsp3) is 0.316. The minimum Gasteiger partial charge on any atom is -0.481 e. The van der Waals surface area contributed by atoms with Crippen LogP contribution in [0.15, 0.2) is 36.9 Å². The van der Waals surface area contributed by atoms with Gasteiger partial charge in [-0.2, -0.15) is 0 Å². The molecule has 21 heavy (non-hydrogen) atoms. The number of carboxylic acid groups (broad SMARTS) is 1. The molecule has 2 heteroatoms. The first-order valence-electron chi connectivity index (χ1n) is 7.27. The van der Waals surface area contributed by atoms with Crippen molar-refractivity contribution in [1.82, 2.24) is 0 Å². The van der Waals surface area contributed by atoms with Crippen molar-refractivity contribution in [3.05, 3.63) is 59.2 Å². The molecule has 0 saturated heterocycles. The number of aliphatic carboxylic acids is 1. The number of hydrogen-bond acceptors (Lipinski definition) is 1. The third-order valence-electron chi connectivity index (χ3n) is 4.08. The van der Waals surface area contributed by atoms with Crippen molar-refractivity contribution in [3.63, 3.8) is 0 Å². The van der Waals surface area contributed by atoms with Crippen LogP contribution in [0.2, 0.25) is 0 Å².